The van der Waals surface area contributed by atoms with Gasteiger partial charge in [-0.3, -0.25) is 9.36 Å². The van der Waals surface area contributed by atoms with Crippen LogP contribution in [0.1, 0.15) is 239 Å². The van der Waals surface area contributed by atoms with Crippen molar-refractivity contribution in [2.75, 3.05) is 47.5 Å². The van der Waals surface area contributed by atoms with Crippen molar-refractivity contribution in [3.63, 3.8) is 0 Å². The topological polar surface area (TPSA) is 94.1 Å². The second-order valence-corrected chi connectivity index (χ2v) is 19.3. The minimum Gasteiger partial charge on any atom is -0.756 e. The molecule has 0 aliphatic rings. The van der Waals surface area contributed by atoms with Crippen molar-refractivity contribution in [2.45, 2.75) is 245 Å². The monoisotopic (exact) mass is 830 g/mol. The molecule has 0 aromatic carbocycles. The summed E-state index contributed by atoms with van der Waals surface area (Å²) in [6, 6.07) is 0. The minimum atomic E-state index is -4.54. The number of phosphoric acid groups is 1. The zero-order valence-corrected chi connectivity index (χ0v) is 39.5. The van der Waals surface area contributed by atoms with Crippen molar-refractivity contribution >= 4 is 13.8 Å². The van der Waals surface area contributed by atoms with E-state index in [2.05, 4.69) is 13.8 Å². The third-order valence-electron chi connectivity index (χ3n) is 10.9. The number of rotatable bonds is 46. The molecule has 0 bridgehead atoms. The Hall–Kier alpha value is -0.920. The van der Waals surface area contributed by atoms with E-state index in [1.165, 1.54) is 186 Å². The Bertz CT molecular complexity index is 925. The van der Waals surface area contributed by atoms with Crippen LogP contribution in [0.15, 0.2) is 12.3 Å². The van der Waals surface area contributed by atoms with Gasteiger partial charge in [0.1, 0.15) is 19.8 Å². The van der Waals surface area contributed by atoms with Gasteiger partial charge in [0, 0.05) is 6.42 Å². The quantitative estimate of drug-likeness (QED) is 0.0198. The van der Waals surface area contributed by atoms with Crippen LogP contribution in [-0.2, 0) is 27.9 Å². The first-order valence-corrected chi connectivity index (χ1v) is 25.9. The lowest BCUT2D eigenvalue weighted by Crippen LogP contribution is -2.37. The third-order valence-corrected chi connectivity index (χ3v) is 11.9. The zero-order chi connectivity index (χ0) is 42.0. The Labute approximate surface area is 354 Å². The molecule has 0 saturated heterocycles. The zero-order valence-electron chi connectivity index (χ0n) is 38.6. The van der Waals surface area contributed by atoms with Gasteiger partial charge in [0.15, 0.2) is 6.10 Å². The Kier molecular flexibility index (Phi) is 41.1. The molecule has 0 aliphatic heterocycles. The van der Waals surface area contributed by atoms with E-state index in [1.807, 2.05) is 27.2 Å². The number of hydrogen-bond acceptors (Lipinski definition) is 7. The van der Waals surface area contributed by atoms with Crippen LogP contribution >= 0.6 is 7.82 Å². The highest BCUT2D eigenvalue weighted by Crippen LogP contribution is 2.38. The molecule has 0 saturated carbocycles. The van der Waals surface area contributed by atoms with Crippen LogP contribution in [0.4, 0.5) is 0 Å². The van der Waals surface area contributed by atoms with Crippen LogP contribution in [0, 0.1) is 0 Å². The summed E-state index contributed by atoms with van der Waals surface area (Å²) >= 11 is 0. The van der Waals surface area contributed by atoms with Crippen molar-refractivity contribution in [1.29, 1.82) is 0 Å². The van der Waals surface area contributed by atoms with Gasteiger partial charge in [0.25, 0.3) is 7.82 Å². The predicted molar refractivity (Wildman–Crippen MR) is 240 cm³/mol. The van der Waals surface area contributed by atoms with E-state index in [-0.39, 0.29) is 25.8 Å². The van der Waals surface area contributed by atoms with Gasteiger partial charge in [0.2, 0.25) is 0 Å². The number of esters is 1. The minimum absolute atomic E-state index is 0.0204. The number of nitrogens with zero attached hydrogens (tertiary/aromatic N) is 1. The van der Waals surface area contributed by atoms with Gasteiger partial charge in [-0.15, -0.1) is 0 Å². The van der Waals surface area contributed by atoms with Crippen molar-refractivity contribution in [3.05, 3.63) is 12.3 Å². The molecule has 0 aromatic heterocycles. The summed E-state index contributed by atoms with van der Waals surface area (Å²) in [4.78, 5) is 25.1. The van der Waals surface area contributed by atoms with Gasteiger partial charge in [-0.2, -0.15) is 0 Å². The maximum Gasteiger partial charge on any atom is 0.306 e. The molecule has 0 radical (unpaired) electrons. The number of ether oxygens (including phenoxy) is 2. The van der Waals surface area contributed by atoms with E-state index in [4.69, 9.17) is 18.5 Å². The van der Waals surface area contributed by atoms with Crippen LogP contribution in [0.2, 0.25) is 0 Å². The number of unbranched alkanes of at least 4 members (excludes halogenated alkanes) is 32. The Balaban J connectivity index is 4.14. The molecule has 0 N–H and O–H groups in total. The van der Waals surface area contributed by atoms with Crippen molar-refractivity contribution in [3.8, 4) is 0 Å². The third kappa shape index (κ3) is 46.0. The van der Waals surface area contributed by atoms with Crippen LogP contribution in [-0.4, -0.2) is 64.1 Å². The fourth-order valence-electron chi connectivity index (χ4n) is 7.10. The first-order chi connectivity index (χ1) is 27.6. The van der Waals surface area contributed by atoms with E-state index < -0.39 is 13.9 Å². The van der Waals surface area contributed by atoms with Crippen LogP contribution in [0.3, 0.4) is 0 Å². The van der Waals surface area contributed by atoms with Gasteiger partial charge in [-0.25, -0.2) is 0 Å². The number of carbonyl (C=O) groups is 1. The summed E-state index contributed by atoms with van der Waals surface area (Å²) in [6.45, 7) is 4.78. The van der Waals surface area contributed by atoms with E-state index in [1.54, 1.807) is 6.26 Å². The smallest absolute Gasteiger partial charge is 0.306 e. The maximum absolute atomic E-state index is 12.7. The SMILES string of the molecule is CCCCCCCCCCCCCC/C=C\OCC(COP(=O)([O-])OCC[N+](C)(C)C)OC(=O)CCCCCCCCCCCCCCCCCCCCCCC. The van der Waals surface area contributed by atoms with Crippen molar-refractivity contribution in [2.24, 2.45) is 0 Å². The van der Waals surface area contributed by atoms with E-state index in [9.17, 15) is 14.3 Å². The second-order valence-electron chi connectivity index (χ2n) is 17.9. The lowest BCUT2D eigenvalue weighted by Gasteiger charge is -2.28. The van der Waals surface area contributed by atoms with Crippen molar-refractivity contribution in [1.82, 2.24) is 0 Å². The molecular formula is C48H96NO7P. The number of quaternary nitrogens is 1. The highest BCUT2D eigenvalue weighted by molar-refractivity contribution is 7.45. The summed E-state index contributed by atoms with van der Waals surface area (Å²) in [6.07, 6.45) is 47.5. The molecule has 2 atom stereocenters. The fourth-order valence-corrected chi connectivity index (χ4v) is 7.83. The number of likely N-dealkylation sites (N-methyl/N-ethyl adjacent to an activating group) is 1. The molecule has 57 heavy (non-hydrogen) atoms. The summed E-state index contributed by atoms with van der Waals surface area (Å²) < 4.78 is 34.4. The number of allylic oxidation sites excluding steroid dienone is 1. The average Bonchev–Trinajstić information content (AvgIpc) is 3.16. The molecule has 0 amide bonds. The highest BCUT2D eigenvalue weighted by atomic mass is 31.2. The van der Waals surface area contributed by atoms with E-state index in [0.717, 1.165) is 32.1 Å². The molecule has 0 fully saturated rings. The summed E-state index contributed by atoms with van der Waals surface area (Å²) in [5.41, 5.74) is 0. The second kappa shape index (κ2) is 41.8. The van der Waals surface area contributed by atoms with Crippen LogP contribution in [0.25, 0.3) is 0 Å². The lowest BCUT2D eigenvalue weighted by atomic mass is 10.0. The Morgan fingerprint density at radius 2 is 0.912 bits per heavy atom. The lowest BCUT2D eigenvalue weighted by molar-refractivity contribution is -0.870. The molecule has 0 rings (SSSR count). The normalized spacial score (nSPS) is 13.6. The number of phosphoric ester groups is 1. The van der Waals surface area contributed by atoms with Gasteiger partial charge >= 0.3 is 5.97 Å². The fraction of sp³-hybridized carbons (Fsp3) is 0.938. The van der Waals surface area contributed by atoms with Gasteiger partial charge in [-0.05, 0) is 25.3 Å². The van der Waals surface area contributed by atoms with E-state index >= 15 is 0 Å². The molecule has 2 unspecified atom stereocenters. The molecule has 0 heterocycles. The van der Waals surface area contributed by atoms with Crippen molar-refractivity contribution < 1.29 is 37.3 Å². The average molecular weight is 830 g/mol. The summed E-state index contributed by atoms with van der Waals surface area (Å²) in [7, 11) is 1.34. The van der Waals surface area contributed by atoms with E-state index in [0.29, 0.717) is 17.4 Å². The first-order valence-electron chi connectivity index (χ1n) is 24.5. The maximum atomic E-state index is 12.7. The van der Waals surface area contributed by atoms with Crippen LogP contribution in [0.5, 0.6) is 0 Å². The summed E-state index contributed by atoms with van der Waals surface area (Å²) in [5.74, 6) is -0.350. The largest absolute Gasteiger partial charge is 0.756 e. The molecule has 0 spiro atoms. The molecule has 9 heteroatoms. The van der Waals surface area contributed by atoms with Gasteiger partial charge in [0.05, 0.1) is 34.0 Å². The molecule has 340 valence electrons. The van der Waals surface area contributed by atoms with Gasteiger partial charge in [-0.1, -0.05) is 213 Å². The number of carbonyl (C=O) groups excluding carboxylic acids is 1. The van der Waals surface area contributed by atoms with Gasteiger partial charge < -0.3 is 27.9 Å². The predicted octanol–water partition coefficient (Wildman–Crippen LogP) is 14.3. The molecule has 0 aromatic rings. The number of hydrogen-bond donors (Lipinski definition) is 0. The molecular weight excluding hydrogens is 734 g/mol. The van der Waals surface area contributed by atoms with Crippen LogP contribution < -0.4 is 4.89 Å². The Morgan fingerprint density at radius 3 is 1.30 bits per heavy atom. The molecule has 8 nitrogen and oxygen atoms in total. The molecule has 0 aliphatic carbocycles. The summed E-state index contributed by atoms with van der Waals surface area (Å²) in [5, 5.41) is 0. The Morgan fingerprint density at radius 1 is 0.544 bits per heavy atom. The first kappa shape index (κ1) is 56.1. The highest BCUT2D eigenvalue weighted by Gasteiger charge is 2.20. The standard InChI is InChI=1S/C48H96NO7P/c1-6-8-10-12-14-16-18-20-22-23-24-25-26-27-28-29-31-33-35-37-39-41-48(50)56-47(46-55-57(51,52)54-44-42-49(3,4)5)45-53-43-40-38-36-34-32-30-21-19-17-15-13-11-9-7-2/h40,43,47H,6-39,41-42,44-46H2,1-5H3/b43-40-.